The van der Waals surface area contributed by atoms with Crippen LogP contribution in [0.3, 0.4) is 0 Å². The Balaban J connectivity index is 2.92. The lowest BCUT2D eigenvalue weighted by atomic mass is 9.91. The molecule has 72 valence electrons. The van der Waals surface area contributed by atoms with Crippen LogP contribution in [-0.4, -0.2) is 12.1 Å². The van der Waals surface area contributed by atoms with Gasteiger partial charge >= 0.3 is 0 Å². The Morgan fingerprint density at radius 1 is 1.38 bits per heavy atom. The highest BCUT2D eigenvalue weighted by Crippen LogP contribution is 2.20. The first kappa shape index (κ1) is 10.2. The first-order valence-electron chi connectivity index (χ1n) is 4.48. The minimum absolute atomic E-state index is 0.115. The fourth-order valence-corrected chi connectivity index (χ4v) is 1.14. The molecule has 1 heterocycles. The van der Waals surface area contributed by atoms with Crippen molar-refractivity contribution in [3.63, 3.8) is 0 Å². The van der Waals surface area contributed by atoms with Gasteiger partial charge in [-0.25, -0.2) is 0 Å². The fourth-order valence-electron chi connectivity index (χ4n) is 1.14. The summed E-state index contributed by atoms with van der Waals surface area (Å²) >= 11 is 0. The maximum absolute atomic E-state index is 5.07. The third-order valence-electron chi connectivity index (χ3n) is 1.90. The summed E-state index contributed by atoms with van der Waals surface area (Å²) in [7, 11) is 1.71. The highest BCUT2D eigenvalue weighted by molar-refractivity contribution is 5.20. The average Bonchev–Trinajstić information content (AvgIpc) is 2.04. The lowest BCUT2D eigenvalue weighted by molar-refractivity contribution is 0.184. The van der Waals surface area contributed by atoms with Gasteiger partial charge in [0.25, 0.3) is 0 Å². The Bertz CT molecular complexity index is 276. The van der Waals surface area contributed by atoms with E-state index < -0.39 is 0 Å². The third-order valence-corrected chi connectivity index (χ3v) is 1.90. The molecule has 1 rings (SSSR count). The van der Waals surface area contributed by atoms with Gasteiger partial charge < -0.3 is 4.74 Å². The number of ether oxygens (including phenoxy) is 1. The largest absolute Gasteiger partial charge is 0.380 e. The molecule has 1 aromatic heterocycles. The van der Waals surface area contributed by atoms with Gasteiger partial charge in [-0.3, -0.25) is 4.98 Å². The quantitative estimate of drug-likeness (QED) is 0.696. The van der Waals surface area contributed by atoms with E-state index in [1.54, 1.807) is 7.11 Å². The SMILES string of the molecule is COCc1ccnc(C(C)(C)C)c1. The normalized spacial score (nSPS) is 11.7. The lowest BCUT2D eigenvalue weighted by Gasteiger charge is -2.18. The molecule has 0 bridgehead atoms. The Kier molecular flexibility index (Phi) is 3.04. The molecule has 2 heteroatoms. The lowest BCUT2D eigenvalue weighted by Crippen LogP contribution is -2.13. The number of rotatable bonds is 2. The van der Waals surface area contributed by atoms with Crippen molar-refractivity contribution >= 4 is 0 Å². The first-order valence-corrected chi connectivity index (χ1v) is 4.48. The molecule has 1 aromatic rings. The van der Waals surface area contributed by atoms with Crippen LogP contribution in [0.15, 0.2) is 18.3 Å². The Morgan fingerprint density at radius 2 is 2.08 bits per heavy atom. The maximum Gasteiger partial charge on any atom is 0.0714 e. The molecule has 0 aliphatic heterocycles. The van der Waals surface area contributed by atoms with Crippen LogP contribution in [0.2, 0.25) is 0 Å². The van der Waals surface area contributed by atoms with Gasteiger partial charge in [-0.1, -0.05) is 20.8 Å². The summed E-state index contributed by atoms with van der Waals surface area (Å²) < 4.78 is 5.07. The molecule has 0 unspecified atom stereocenters. The number of methoxy groups -OCH3 is 1. The van der Waals surface area contributed by atoms with Crippen molar-refractivity contribution < 1.29 is 4.74 Å². The molecule has 0 saturated heterocycles. The molecule has 13 heavy (non-hydrogen) atoms. The summed E-state index contributed by atoms with van der Waals surface area (Å²) in [6, 6.07) is 4.09. The molecule has 0 aromatic carbocycles. The van der Waals surface area contributed by atoms with Crippen LogP contribution in [0.4, 0.5) is 0 Å². The standard InChI is InChI=1S/C11H17NO/c1-11(2,3)10-7-9(8-13-4)5-6-12-10/h5-7H,8H2,1-4H3. The predicted octanol–water partition coefficient (Wildman–Crippen LogP) is 2.53. The van der Waals surface area contributed by atoms with E-state index in [1.165, 1.54) is 5.56 Å². The van der Waals surface area contributed by atoms with E-state index in [0.717, 1.165) is 5.69 Å². The first-order chi connectivity index (χ1) is 6.04. The van der Waals surface area contributed by atoms with E-state index in [2.05, 4.69) is 31.8 Å². The fraction of sp³-hybridized carbons (Fsp3) is 0.545. The minimum Gasteiger partial charge on any atom is -0.380 e. The molecule has 2 nitrogen and oxygen atoms in total. The Morgan fingerprint density at radius 3 is 2.62 bits per heavy atom. The van der Waals surface area contributed by atoms with Gasteiger partial charge in [-0.15, -0.1) is 0 Å². The van der Waals surface area contributed by atoms with Gasteiger partial charge in [-0.2, -0.15) is 0 Å². The van der Waals surface area contributed by atoms with Crippen LogP contribution in [0.5, 0.6) is 0 Å². The van der Waals surface area contributed by atoms with E-state index in [1.807, 2.05) is 12.3 Å². The van der Waals surface area contributed by atoms with Crippen LogP contribution >= 0.6 is 0 Å². The zero-order valence-electron chi connectivity index (χ0n) is 8.79. The maximum atomic E-state index is 5.07. The molecule has 0 atom stereocenters. The summed E-state index contributed by atoms with van der Waals surface area (Å²) in [4.78, 5) is 4.34. The summed E-state index contributed by atoms with van der Waals surface area (Å²) in [6.45, 7) is 7.13. The van der Waals surface area contributed by atoms with Crippen molar-refractivity contribution in [2.45, 2.75) is 32.8 Å². The second-order valence-corrected chi connectivity index (χ2v) is 4.23. The molecule has 0 fully saturated rings. The predicted molar refractivity (Wildman–Crippen MR) is 53.7 cm³/mol. The smallest absolute Gasteiger partial charge is 0.0714 e. The average molecular weight is 179 g/mol. The number of hydrogen-bond donors (Lipinski definition) is 0. The summed E-state index contributed by atoms with van der Waals surface area (Å²) in [5, 5.41) is 0. The summed E-state index contributed by atoms with van der Waals surface area (Å²) in [6.07, 6.45) is 1.84. The van der Waals surface area contributed by atoms with Gasteiger partial charge in [0.2, 0.25) is 0 Å². The number of aromatic nitrogens is 1. The van der Waals surface area contributed by atoms with Gasteiger partial charge in [-0.05, 0) is 17.7 Å². The van der Waals surface area contributed by atoms with Crippen LogP contribution in [-0.2, 0) is 16.8 Å². The zero-order valence-corrected chi connectivity index (χ0v) is 8.79. The molecule has 0 aliphatic carbocycles. The zero-order chi connectivity index (χ0) is 9.90. The number of pyridine rings is 1. The van der Waals surface area contributed by atoms with Crippen LogP contribution in [0, 0.1) is 0 Å². The van der Waals surface area contributed by atoms with Gasteiger partial charge in [0.15, 0.2) is 0 Å². The second-order valence-electron chi connectivity index (χ2n) is 4.23. The topological polar surface area (TPSA) is 22.1 Å². The molecular weight excluding hydrogens is 162 g/mol. The molecule has 0 saturated carbocycles. The van der Waals surface area contributed by atoms with Crippen LogP contribution in [0.25, 0.3) is 0 Å². The van der Waals surface area contributed by atoms with Gasteiger partial charge in [0, 0.05) is 24.4 Å². The second kappa shape index (κ2) is 3.88. The summed E-state index contributed by atoms with van der Waals surface area (Å²) in [5.74, 6) is 0. The summed E-state index contributed by atoms with van der Waals surface area (Å²) in [5.41, 5.74) is 2.41. The van der Waals surface area contributed by atoms with E-state index in [4.69, 9.17) is 4.74 Å². The van der Waals surface area contributed by atoms with Gasteiger partial charge in [0.1, 0.15) is 0 Å². The molecule has 0 amide bonds. The minimum atomic E-state index is 0.115. The van der Waals surface area contributed by atoms with Crippen molar-refractivity contribution in [1.82, 2.24) is 4.98 Å². The number of hydrogen-bond acceptors (Lipinski definition) is 2. The molecule has 0 radical (unpaired) electrons. The van der Waals surface area contributed by atoms with Crippen molar-refractivity contribution in [2.24, 2.45) is 0 Å². The molecule has 0 N–H and O–H groups in total. The molecule has 0 aliphatic rings. The number of nitrogens with zero attached hydrogens (tertiary/aromatic N) is 1. The highest BCUT2D eigenvalue weighted by Gasteiger charge is 2.14. The molecule has 0 spiro atoms. The molecular formula is C11H17NO. The van der Waals surface area contributed by atoms with Gasteiger partial charge in [0.05, 0.1) is 6.61 Å². The van der Waals surface area contributed by atoms with Crippen molar-refractivity contribution in [1.29, 1.82) is 0 Å². The monoisotopic (exact) mass is 179 g/mol. The van der Waals surface area contributed by atoms with E-state index in [9.17, 15) is 0 Å². The van der Waals surface area contributed by atoms with E-state index in [-0.39, 0.29) is 5.41 Å². The highest BCUT2D eigenvalue weighted by atomic mass is 16.5. The van der Waals surface area contributed by atoms with Crippen LogP contribution < -0.4 is 0 Å². The van der Waals surface area contributed by atoms with E-state index in [0.29, 0.717) is 6.61 Å². The van der Waals surface area contributed by atoms with Crippen molar-refractivity contribution in [3.8, 4) is 0 Å². The van der Waals surface area contributed by atoms with Crippen molar-refractivity contribution in [2.75, 3.05) is 7.11 Å². The van der Waals surface area contributed by atoms with Crippen LogP contribution in [0.1, 0.15) is 32.0 Å². The van der Waals surface area contributed by atoms with Crippen molar-refractivity contribution in [3.05, 3.63) is 29.6 Å². The Labute approximate surface area is 80.0 Å². The van der Waals surface area contributed by atoms with E-state index >= 15 is 0 Å². The Hall–Kier alpha value is -0.890. The third kappa shape index (κ3) is 2.81.